The van der Waals surface area contributed by atoms with Gasteiger partial charge in [-0.25, -0.2) is 9.97 Å². The Kier molecular flexibility index (Phi) is 6.80. The van der Waals surface area contributed by atoms with Gasteiger partial charge in [0.1, 0.15) is 11.6 Å². The third kappa shape index (κ3) is 5.52. The Morgan fingerprint density at radius 1 is 1.00 bits per heavy atom. The summed E-state index contributed by atoms with van der Waals surface area (Å²) in [7, 11) is 0. The Morgan fingerprint density at radius 2 is 1.78 bits per heavy atom. The Hall–Kier alpha value is -3.67. The minimum Gasteiger partial charge on any atom is -0.491 e. The van der Waals surface area contributed by atoms with Gasteiger partial charge in [-0.05, 0) is 43.7 Å². The van der Waals surface area contributed by atoms with Crippen molar-refractivity contribution in [2.45, 2.75) is 20.0 Å². The number of amides is 1. The van der Waals surface area contributed by atoms with E-state index in [1.807, 2.05) is 85.5 Å². The number of benzene rings is 2. The van der Waals surface area contributed by atoms with Crippen LogP contribution in [0, 0.1) is 0 Å². The quantitative estimate of drug-likeness (QED) is 0.548. The zero-order valence-corrected chi connectivity index (χ0v) is 18.5. The van der Waals surface area contributed by atoms with Gasteiger partial charge in [-0.15, -0.1) is 0 Å². The molecule has 4 rings (SSSR count). The van der Waals surface area contributed by atoms with E-state index in [1.54, 1.807) is 12.3 Å². The zero-order chi connectivity index (χ0) is 22.3. The standard InChI is InChI=1S/C26H28N4O2/c1-20(2)32-23-10-6-7-21(19-23)11-12-25(31)30-17-15-29(16-18-30)24-13-14-27-26(28-24)22-8-4-3-5-9-22/h3-14,19-20H,15-18H2,1-2H3. The van der Waals surface area contributed by atoms with Gasteiger partial charge in [-0.2, -0.15) is 0 Å². The summed E-state index contributed by atoms with van der Waals surface area (Å²) < 4.78 is 5.72. The molecule has 32 heavy (non-hydrogen) atoms. The molecule has 0 atom stereocenters. The summed E-state index contributed by atoms with van der Waals surface area (Å²) in [5, 5.41) is 0. The Labute approximate surface area is 189 Å². The first kappa shape index (κ1) is 21.6. The Balaban J connectivity index is 1.35. The molecule has 1 amide bonds. The van der Waals surface area contributed by atoms with Crippen molar-refractivity contribution in [2.24, 2.45) is 0 Å². The van der Waals surface area contributed by atoms with E-state index in [9.17, 15) is 4.79 Å². The van der Waals surface area contributed by atoms with Gasteiger partial charge in [-0.3, -0.25) is 4.79 Å². The van der Waals surface area contributed by atoms with Crippen molar-refractivity contribution in [1.29, 1.82) is 0 Å². The largest absolute Gasteiger partial charge is 0.491 e. The second-order valence-corrected chi connectivity index (χ2v) is 7.99. The molecule has 0 N–H and O–H groups in total. The summed E-state index contributed by atoms with van der Waals surface area (Å²) in [4.78, 5) is 25.9. The van der Waals surface area contributed by atoms with Crippen molar-refractivity contribution in [1.82, 2.24) is 14.9 Å². The summed E-state index contributed by atoms with van der Waals surface area (Å²) in [5.74, 6) is 2.44. The zero-order valence-electron chi connectivity index (χ0n) is 18.5. The van der Waals surface area contributed by atoms with Crippen molar-refractivity contribution < 1.29 is 9.53 Å². The Morgan fingerprint density at radius 3 is 2.53 bits per heavy atom. The second-order valence-electron chi connectivity index (χ2n) is 7.99. The molecule has 1 aliphatic rings. The van der Waals surface area contributed by atoms with Crippen LogP contribution in [0.1, 0.15) is 19.4 Å². The summed E-state index contributed by atoms with van der Waals surface area (Å²) >= 11 is 0. The van der Waals surface area contributed by atoms with Crippen LogP contribution < -0.4 is 9.64 Å². The van der Waals surface area contributed by atoms with E-state index < -0.39 is 0 Å². The normalized spacial score (nSPS) is 14.2. The van der Waals surface area contributed by atoms with Gasteiger partial charge in [-0.1, -0.05) is 42.5 Å². The average molecular weight is 429 g/mol. The molecule has 3 aromatic rings. The summed E-state index contributed by atoms with van der Waals surface area (Å²) in [6.07, 6.45) is 5.40. The lowest BCUT2D eigenvalue weighted by molar-refractivity contribution is -0.126. The molecular weight excluding hydrogens is 400 g/mol. The molecule has 164 valence electrons. The smallest absolute Gasteiger partial charge is 0.246 e. The number of hydrogen-bond donors (Lipinski definition) is 0. The third-order valence-corrected chi connectivity index (χ3v) is 5.24. The second kappa shape index (κ2) is 10.1. The van der Waals surface area contributed by atoms with Crippen LogP contribution in [-0.2, 0) is 4.79 Å². The first-order valence-electron chi connectivity index (χ1n) is 11.0. The molecule has 1 aromatic heterocycles. The van der Waals surface area contributed by atoms with E-state index in [0.29, 0.717) is 18.9 Å². The van der Waals surface area contributed by atoms with Crippen LogP contribution in [0.5, 0.6) is 5.75 Å². The van der Waals surface area contributed by atoms with E-state index >= 15 is 0 Å². The minimum atomic E-state index is 0.0208. The molecule has 0 spiro atoms. The van der Waals surface area contributed by atoms with Gasteiger partial charge >= 0.3 is 0 Å². The van der Waals surface area contributed by atoms with Crippen molar-refractivity contribution in [3.05, 3.63) is 78.5 Å². The summed E-state index contributed by atoms with van der Waals surface area (Å²) in [6.45, 7) is 6.78. The molecule has 0 saturated carbocycles. The third-order valence-electron chi connectivity index (χ3n) is 5.24. The predicted molar refractivity (Wildman–Crippen MR) is 128 cm³/mol. The number of piperazine rings is 1. The Bertz CT molecular complexity index is 1070. The van der Waals surface area contributed by atoms with Crippen molar-refractivity contribution >= 4 is 17.8 Å². The molecule has 0 radical (unpaired) electrons. The molecule has 0 bridgehead atoms. The first-order chi connectivity index (χ1) is 15.6. The van der Waals surface area contributed by atoms with Crippen LogP contribution in [0.4, 0.5) is 5.82 Å². The summed E-state index contributed by atoms with van der Waals surface area (Å²) in [6, 6.07) is 19.7. The van der Waals surface area contributed by atoms with E-state index in [1.165, 1.54) is 0 Å². The van der Waals surface area contributed by atoms with Crippen LogP contribution in [-0.4, -0.2) is 53.1 Å². The minimum absolute atomic E-state index is 0.0208. The van der Waals surface area contributed by atoms with Crippen molar-refractivity contribution in [2.75, 3.05) is 31.1 Å². The number of carbonyl (C=O) groups excluding carboxylic acids is 1. The van der Waals surface area contributed by atoms with Crippen LogP contribution in [0.25, 0.3) is 17.5 Å². The maximum absolute atomic E-state index is 12.7. The number of ether oxygens (including phenoxy) is 1. The molecule has 0 aliphatic carbocycles. The van der Waals surface area contributed by atoms with Gasteiger partial charge < -0.3 is 14.5 Å². The van der Waals surface area contributed by atoms with Crippen molar-refractivity contribution in [3.63, 3.8) is 0 Å². The van der Waals surface area contributed by atoms with Crippen molar-refractivity contribution in [3.8, 4) is 17.1 Å². The monoisotopic (exact) mass is 428 g/mol. The lowest BCUT2D eigenvalue weighted by Crippen LogP contribution is -2.48. The molecular formula is C26H28N4O2. The molecule has 1 fully saturated rings. The fraction of sp³-hybridized carbons (Fsp3) is 0.269. The molecule has 6 heteroatoms. The number of anilines is 1. The number of hydrogen-bond acceptors (Lipinski definition) is 5. The fourth-order valence-corrected chi connectivity index (χ4v) is 3.64. The average Bonchev–Trinajstić information content (AvgIpc) is 2.83. The SMILES string of the molecule is CC(C)Oc1cccc(C=CC(=O)N2CCN(c3ccnc(-c4ccccc4)n3)CC2)c1. The number of rotatable bonds is 6. The molecule has 2 heterocycles. The van der Waals surface area contributed by atoms with Crippen LogP contribution in [0.15, 0.2) is 72.9 Å². The highest BCUT2D eigenvalue weighted by atomic mass is 16.5. The van der Waals surface area contributed by atoms with E-state index in [0.717, 1.165) is 35.8 Å². The topological polar surface area (TPSA) is 58.6 Å². The molecule has 0 unspecified atom stereocenters. The maximum Gasteiger partial charge on any atom is 0.246 e. The van der Waals surface area contributed by atoms with E-state index in [-0.39, 0.29) is 12.0 Å². The lowest BCUT2D eigenvalue weighted by Gasteiger charge is -2.35. The van der Waals surface area contributed by atoms with Gasteiger partial charge in [0.2, 0.25) is 5.91 Å². The van der Waals surface area contributed by atoms with E-state index in [2.05, 4.69) is 9.88 Å². The molecule has 6 nitrogen and oxygen atoms in total. The first-order valence-corrected chi connectivity index (χ1v) is 11.0. The molecule has 1 aliphatic heterocycles. The highest BCUT2D eigenvalue weighted by Gasteiger charge is 2.21. The van der Waals surface area contributed by atoms with Gasteiger partial charge in [0.15, 0.2) is 5.82 Å². The molecule has 2 aromatic carbocycles. The van der Waals surface area contributed by atoms with Gasteiger partial charge in [0, 0.05) is 44.0 Å². The lowest BCUT2D eigenvalue weighted by atomic mass is 10.2. The number of aromatic nitrogens is 2. The highest BCUT2D eigenvalue weighted by Crippen LogP contribution is 2.20. The van der Waals surface area contributed by atoms with Gasteiger partial charge in [0.05, 0.1) is 6.10 Å². The molecule has 1 saturated heterocycles. The van der Waals surface area contributed by atoms with Crippen LogP contribution in [0.3, 0.4) is 0 Å². The predicted octanol–water partition coefficient (Wildman–Crippen LogP) is 4.29. The summed E-state index contributed by atoms with van der Waals surface area (Å²) in [5.41, 5.74) is 1.95. The fourth-order valence-electron chi connectivity index (χ4n) is 3.64. The van der Waals surface area contributed by atoms with E-state index in [4.69, 9.17) is 9.72 Å². The highest BCUT2D eigenvalue weighted by molar-refractivity contribution is 5.92. The number of carbonyl (C=O) groups is 1. The van der Waals surface area contributed by atoms with Gasteiger partial charge in [0.25, 0.3) is 0 Å². The maximum atomic E-state index is 12.7. The van der Waals surface area contributed by atoms with Crippen LogP contribution >= 0.6 is 0 Å². The number of nitrogens with zero attached hydrogens (tertiary/aromatic N) is 4. The van der Waals surface area contributed by atoms with Crippen LogP contribution in [0.2, 0.25) is 0 Å².